The van der Waals surface area contributed by atoms with Crippen molar-refractivity contribution in [1.82, 2.24) is 0 Å². The van der Waals surface area contributed by atoms with Crippen LogP contribution in [0.5, 0.6) is 0 Å². The normalized spacial score (nSPS) is 10.2. The molecule has 0 heterocycles. The Morgan fingerprint density at radius 3 is 2.62 bits per heavy atom. The van der Waals surface area contributed by atoms with Crippen molar-refractivity contribution >= 4 is 21.6 Å². The second-order valence-electron chi connectivity index (χ2n) is 3.87. The van der Waals surface area contributed by atoms with E-state index in [0.29, 0.717) is 11.5 Å². The molecule has 0 radical (unpaired) electrons. The van der Waals surface area contributed by atoms with Gasteiger partial charge in [0.1, 0.15) is 6.07 Å². The standard InChI is InChI=1S/C13H17BrN2/c1-3-10(4-2)9-16-13-6-5-12(14)7-11(13)8-15/h5-7,10,16H,3-4,9H2,1-2H3. The molecule has 0 spiro atoms. The van der Waals surface area contributed by atoms with Gasteiger partial charge in [-0.3, -0.25) is 0 Å². The number of hydrogen-bond acceptors (Lipinski definition) is 2. The Hall–Kier alpha value is -1.01. The van der Waals surface area contributed by atoms with Crippen molar-refractivity contribution in [3.63, 3.8) is 0 Å². The molecule has 16 heavy (non-hydrogen) atoms. The van der Waals surface area contributed by atoms with Gasteiger partial charge in [0.2, 0.25) is 0 Å². The predicted molar refractivity (Wildman–Crippen MR) is 71.4 cm³/mol. The van der Waals surface area contributed by atoms with E-state index in [1.807, 2.05) is 18.2 Å². The summed E-state index contributed by atoms with van der Waals surface area (Å²) in [4.78, 5) is 0. The molecule has 86 valence electrons. The zero-order valence-corrected chi connectivity index (χ0v) is 11.3. The zero-order valence-electron chi connectivity index (χ0n) is 9.76. The van der Waals surface area contributed by atoms with Crippen LogP contribution in [0.1, 0.15) is 32.3 Å². The molecule has 1 aromatic carbocycles. The summed E-state index contributed by atoms with van der Waals surface area (Å²) in [5.41, 5.74) is 1.62. The van der Waals surface area contributed by atoms with Crippen molar-refractivity contribution in [3.05, 3.63) is 28.2 Å². The molecule has 0 atom stereocenters. The van der Waals surface area contributed by atoms with Crippen LogP contribution in [0, 0.1) is 17.2 Å². The largest absolute Gasteiger partial charge is 0.384 e. The maximum Gasteiger partial charge on any atom is 0.101 e. The molecule has 0 amide bonds. The van der Waals surface area contributed by atoms with E-state index >= 15 is 0 Å². The van der Waals surface area contributed by atoms with Crippen LogP contribution in [0.25, 0.3) is 0 Å². The van der Waals surface area contributed by atoms with Crippen LogP contribution in [0.15, 0.2) is 22.7 Å². The lowest BCUT2D eigenvalue weighted by atomic mass is 10.0. The fourth-order valence-electron chi connectivity index (χ4n) is 1.59. The molecule has 0 aliphatic rings. The van der Waals surface area contributed by atoms with Crippen molar-refractivity contribution in [2.24, 2.45) is 5.92 Å². The number of benzene rings is 1. The molecule has 0 saturated carbocycles. The summed E-state index contributed by atoms with van der Waals surface area (Å²) in [6.45, 7) is 5.33. The molecule has 0 aliphatic heterocycles. The third-order valence-corrected chi connectivity index (χ3v) is 3.33. The van der Waals surface area contributed by atoms with E-state index in [-0.39, 0.29) is 0 Å². The highest BCUT2D eigenvalue weighted by molar-refractivity contribution is 9.10. The Labute approximate surface area is 106 Å². The van der Waals surface area contributed by atoms with E-state index in [1.165, 1.54) is 12.8 Å². The predicted octanol–water partition coefficient (Wildman–Crippen LogP) is 4.17. The van der Waals surface area contributed by atoms with Gasteiger partial charge in [-0.15, -0.1) is 0 Å². The fourth-order valence-corrected chi connectivity index (χ4v) is 1.96. The number of hydrogen-bond donors (Lipinski definition) is 1. The molecule has 1 rings (SSSR count). The molecule has 1 N–H and O–H groups in total. The van der Waals surface area contributed by atoms with Crippen molar-refractivity contribution in [3.8, 4) is 6.07 Å². The highest BCUT2D eigenvalue weighted by Gasteiger charge is 2.06. The van der Waals surface area contributed by atoms with Gasteiger partial charge in [0, 0.05) is 11.0 Å². The van der Waals surface area contributed by atoms with E-state index in [4.69, 9.17) is 5.26 Å². The zero-order chi connectivity index (χ0) is 12.0. The molecular formula is C13H17BrN2. The number of nitrogens with zero attached hydrogens (tertiary/aromatic N) is 1. The maximum absolute atomic E-state index is 9.01. The summed E-state index contributed by atoms with van der Waals surface area (Å²) in [6, 6.07) is 7.95. The molecule has 0 unspecified atom stereocenters. The minimum Gasteiger partial charge on any atom is -0.384 e. The average molecular weight is 281 g/mol. The number of nitrogens with one attached hydrogen (secondary N) is 1. The van der Waals surface area contributed by atoms with E-state index in [1.54, 1.807) is 0 Å². The first-order valence-corrected chi connectivity index (χ1v) is 6.44. The Morgan fingerprint density at radius 1 is 1.38 bits per heavy atom. The number of halogens is 1. The molecule has 0 saturated heterocycles. The fraction of sp³-hybridized carbons (Fsp3) is 0.462. The molecule has 0 aliphatic carbocycles. The molecule has 0 aromatic heterocycles. The van der Waals surface area contributed by atoms with Gasteiger partial charge < -0.3 is 5.32 Å². The molecule has 0 bridgehead atoms. The van der Waals surface area contributed by atoms with Gasteiger partial charge in [-0.1, -0.05) is 42.6 Å². The lowest BCUT2D eigenvalue weighted by Gasteiger charge is -2.15. The third kappa shape index (κ3) is 3.53. The molecular weight excluding hydrogens is 264 g/mol. The smallest absolute Gasteiger partial charge is 0.101 e. The number of nitriles is 1. The van der Waals surface area contributed by atoms with Gasteiger partial charge in [0.05, 0.1) is 11.3 Å². The van der Waals surface area contributed by atoms with Crippen LogP contribution in [0.4, 0.5) is 5.69 Å². The summed E-state index contributed by atoms with van der Waals surface area (Å²) in [5, 5.41) is 12.4. The topological polar surface area (TPSA) is 35.8 Å². The first kappa shape index (κ1) is 13.1. The van der Waals surface area contributed by atoms with Gasteiger partial charge >= 0.3 is 0 Å². The quantitative estimate of drug-likeness (QED) is 0.879. The van der Waals surface area contributed by atoms with Crippen LogP contribution < -0.4 is 5.32 Å². The van der Waals surface area contributed by atoms with Gasteiger partial charge in [-0.2, -0.15) is 5.26 Å². The molecule has 2 nitrogen and oxygen atoms in total. The van der Waals surface area contributed by atoms with E-state index in [0.717, 1.165) is 16.7 Å². The highest BCUT2D eigenvalue weighted by Crippen LogP contribution is 2.21. The Kier molecular flexibility index (Phi) is 5.34. The maximum atomic E-state index is 9.01. The highest BCUT2D eigenvalue weighted by atomic mass is 79.9. The monoisotopic (exact) mass is 280 g/mol. The molecule has 3 heteroatoms. The first-order chi connectivity index (χ1) is 7.71. The Bertz CT molecular complexity index is 378. The lowest BCUT2D eigenvalue weighted by molar-refractivity contribution is 0.519. The van der Waals surface area contributed by atoms with E-state index in [9.17, 15) is 0 Å². The van der Waals surface area contributed by atoms with Crippen molar-refractivity contribution in [1.29, 1.82) is 5.26 Å². The van der Waals surface area contributed by atoms with Crippen LogP contribution in [-0.4, -0.2) is 6.54 Å². The van der Waals surface area contributed by atoms with Crippen molar-refractivity contribution in [2.75, 3.05) is 11.9 Å². The number of anilines is 1. The summed E-state index contributed by atoms with van der Waals surface area (Å²) in [5.74, 6) is 0.676. The minimum atomic E-state index is 0.676. The van der Waals surface area contributed by atoms with Crippen LogP contribution in [0.2, 0.25) is 0 Å². The SMILES string of the molecule is CCC(CC)CNc1ccc(Br)cc1C#N. The number of rotatable bonds is 5. The average Bonchev–Trinajstić information content (AvgIpc) is 2.31. The minimum absolute atomic E-state index is 0.676. The molecule has 0 fully saturated rings. The van der Waals surface area contributed by atoms with E-state index < -0.39 is 0 Å². The molecule has 1 aromatic rings. The van der Waals surface area contributed by atoms with Crippen LogP contribution in [-0.2, 0) is 0 Å². The van der Waals surface area contributed by atoms with Crippen molar-refractivity contribution < 1.29 is 0 Å². The lowest BCUT2D eigenvalue weighted by Crippen LogP contribution is -2.13. The summed E-state index contributed by atoms with van der Waals surface area (Å²) < 4.78 is 0.942. The van der Waals surface area contributed by atoms with Crippen LogP contribution >= 0.6 is 15.9 Å². The second kappa shape index (κ2) is 6.55. The summed E-state index contributed by atoms with van der Waals surface area (Å²) >= 11 is 3.37. The van der Waals surface area contributed by atoms with Crippen molar-refractivity contribution in [2.45, 2.75) is 26.7 Å². The second-order valence-corrected chi connectivity index (χ2v) is 4.78. The summed E-state index contributed by atoms with van der Waals surface area (Å²) in [6.07, 6.45) is 2.34. The third-order valence-electron chi connectivity index (χ3n) is 2.84. The summed E-state index contributed by atoms with van der Waals surface area (Å²) in [7, 11) is 0. The van der Waals surface area contributed by atoms with Crippen LogP contribution in [0.3, 0.4) is 0 Å². The van der Waals surface area contributed by atoms with Gasteiger partial charge in [0.15, 0.2) is 0 Å². The van der Waals surface area contributed by atoms with Gasteiger partial charge in [-0.05, 0) is 24.1 Å². The first-order valence-electron chi connectivity index (χ1n) is 5.64. The van der Waals surface area contributed by atoms with Gasteiger partial charge in [0.25, 0.3) is 0 Å². The van der Waals surface area contributed by atoms with Gasteiger partial charge in [-0.25, -0.2) is 0 Å². The Morgan fingerprint density at radius 2 is 2.06 bits per heavy atom. The van der Waals surface area contributed by atoms with E-state index in [2.05, 4.69) is 41.2 Å². The Balaban J connectivity index is 2.70.